The smallest absolute Gasteiger partial charge is 0.247 e. The topological polar surface area (TPSA) is 64.4 Å². The summed E-state index contributed by atoms with van der Waals surface area (Å²) in [6.45, 7) is 6.07. The Balaban J connectivity index is 1.97. The fourth-order valence-corrected chi connectivity index (χ4v) is 5.20. The van der Waals surface area contributed by atoms with Crippen LogP contribution in [0.15, 0.2) is 35.2 Å². The second-order valence-electron chi connectivity index (χ2n) is 6.28. The van der Waals surface area contributed by atoms with E-state index in [1.54, 1.807) is 29.9 Å². The predicted molar refractivity (Wildman–Crippen MR) is 91.2 cm³/mol. The first-order valence-electron chi connectivity index (χ1n) is 8.01. The van der Waals surface area contributed by atoms with Crippen LogP contribution in [-0.2, 0) is 21.8 Å². The van der Waals surface area contributed by atoms with E-state index >= 15 is 0 Å². The highest BCUT2D eigenvalue weighted by Crippen LogP contribution is 2.31. The van der Waals surface area contributed by atoms with Gasteiger partial charge in [0.25, 0.3) is 0 Å². The molecule has 3 rings (SSSR count). The standard InChI is InChI=1S/C17H23N3O3S/c1-12-11-23-16(15-8-6-5-7-9-15)10-20(12)24(21,22)17-13(2)18-19(4)14(17)3/h5-9,12,16H,10-11H2,1-4H3/t12-,16-/m0/s1. The summed E-state index contributed by atoms with van der Waals surface area (Å²) < 4.78 is 35.5. The van der Waals surface area contributed by atoms with Crippen molar-refractivity contribution in [3.05, 3.63) is 47.3 Å². The molecular weight excluding hydrogens is 326 g/mol. The van der Waals surface area contributed by atoms with Crippen LogP contribution in [0.1, 0.15) is 30.0 Å². The van der Waals surface area contributed by atoms with Gasteiger partial charge < -0.3 is 4.74 Å². The molecule has 0 amide bonds. The van der Waals surface area contributed by atoms with Crippen LogP contribution in [0.3, 0.4) is 0 Å². The molecule has 0 spiro atoms. The molecule has 1 aliphatic rings. The maximum absolute atomic E-state index is 13.2. The Bertz CT molecular complexity index is 830. The zero-order valence-corrected chi connectivity index (χ0v) is 15.2. The largest absolute Gasteiger partial charge is 0.370 e. The van der Waals surface area contributed by atoms with Gasteiger partial charge in [0.05, 0.1) is 24.1 Å². The van der Waals surface area contributed by atoms with Crippen molar-refractivity contribution in [1.29, 1.82) is 0 Å². The number of aryl methyl sites for hydroxylation is 2. The van der Waals surface area contributed by atoms with Crippen molar-refractivity contribution >= 4 is 10.0 Å². The van der Waals surface area contributed by atoms with Crippen LogP contribution in [0.2, 0.25) is 0 Å². The maximum Gasteiger partial charge on any atom is 0.247 e. The average Bonchev–Trinajstić information content (AvgIpc) is 2.81. The van der Waals surface area contributed by atoms with Gasteiger partial charge in [0, 0.05) is 19.6 Å². The summed E-state index contributed by atoms with van der Waals surface area (Å²) in [5, 5.41) is 4.25. The van der Waals surface area contributed by atoms with E-state index in [4.69, 9.17) is 4.74 Å². The van der Waals surface area contributed by atoms with Crippen LogP contribution >= 0.6 is 0 Å². The lowest BCUT2D eigenvalue weighted by molar-refractivity contribution is -0.0288. The van der Waals surface area contributed by atoms with E-state index in [-0.39, 0.29) is 12.1 Å². The lowest BCUT2D eigenvalue weighted by atomic mass is 10.1. The van der Waals surface area contributed by atoms with Gasteiger partial charge in [-0.3, -0.25) is 4.68 Å². The van der Waals surface area contributed by atoms with Gasteiger partial charge in [0.2, 0.25) is 10.0 Å². The summed E-state index contributed by atoms with van der Waals surface area (Å²) in [6.07, 6.45) is -0.255. The molecule has 0 unspecified atom stereocenters. The van der Waals surface area contributed by atoms with Gasteiger partial charge in [-0.1, -0.05) is 30.3 Å². The van der Waals surface area contributed by atoms with Crippen LogP contribution < -0.4 is 0 Å². The van der Waals surface area contributed by atoms with Gasteiger partial charge in [-0.05, 0) is 26.3 Å². The molecule has 1 saturated heterocycles. The van der Waals surface area contributed by atoms with E-state index in [0.717, 1.165) is 5.56 Å². The molecule has 6 nitrogen and oxygen atoms in total. The lowest BCUT2D eigenvalue weighted by Crippen LogP contribution is -2.48. The summed E-state index contributed by atoms with van der Waals surface area (Å²) in [5.41, 5.74) is 2.18. The third kappa shape index (κ3) is 2.87. The van der Waals surface area contributed by atoms with Crippen LogP contribution in [0.25, 0.3) is 0 Å². The molecule has 1 aliphatic heterocycles. The van der Waals surface area contributed by atoms with E-state index in [2.05, 4.69) is 5.10 Å². The molecular formula is C17H23N3O3S. The van der Waals surface area contributed by atoms with Crippen molar-refractivity contribution in [3.63, 3.8) is 0 Å². The molecule has 0 aliphatic carbocycles. The first-order valence-corrected chi connectivity index (χ1v) is 9.45. The highest BCUT2D eigenvalue weighted by molar-refractivity contribution is 7.89. The Morgan fingerprint density at radius 3 is 2.46 bits per heavy atom. The Kier molecular flexibility index (Phi) is 4.50. The number of rotatable bonds is 3. The van der Waals surface area contributed by atoms with Crippen LogP contribution in [0.5, 0.6) is 0 Å². The number of aromatic nitrogens is 2. The second-order valence-corrected chi connectivity index (χ2v) is 8.11. The van der Waals surface area contributed by atoms with E-state index in [9.17, 15) is 8.42 Å². The van der Waals surface area contributed by atoms with Gasteiger partial charge >= 0.3 is 0 Å². The zero-order valence-electron chi connectivity index (χ0n) is 14.4. The molecule has 130 valence electrons. The van der Waals surface area contributed by atoms with E-state index < -0.39 is 10.0 Å². The quantitative estimate of drug-likeness (QED) is 0.852. The third-order valence-electron chi connectivity index (χ3n) is 4.56. The Labute approximate surface area is 143 Å². The Morgan fingerprint density at radius 1 is 1.21 bits per heavy atom. The summed E-state index contributed by atoms with van der Waals surface area (Å²) in [5.74, 6) is 0. The number of benzene rings is 1. The molecule has 0 bridgehead atoms. The molecule has 0 N–H and O–H groups in total. The SMILES string of the molecule is Cc1nn(C)c(C)c1S(=O)(=O)N1C[C@@H](c2ccccc2)OC[C@@H]1C. The van der Waals surface area contributed by atoms with Gasteiger partial charge in [0.1, 0.15) is 4.90 Å². The molecule has 24 heavy (non-hydrogen) atoms. The molecule has 1 aromatic heterocycles. The fraction of sp³-hybridized carbons (Fsp3) is 0.471. The van der Waals surface area contributed by atoms with Gasteiger partial charge in [-0.25, -0.2) is 8.42 Å². The normalized spacial score (nSPS) is 22.7. The minimum atomic E-state index is -3.62. The van der Waals surface area contributed by atoms with Gasteiger partial charge in [-0.15, -0.1) is 0 Å². The third-order valence-corrected chi connectivity index (χ3v) is 6.79. The number of hydrogen-bond donors (Lipinski definition) is 0. The zero-order chi connectivity index (χ0) is 17.5. The van der Waals surface area contributed by atoms with E-state index in [0.29, 0.717) is 29.4 Å². The maximum atomic E-state index is 13.2. The predicted octanol–water partition coefficient (Wildman–Crippen LogP) is 2.19. The second kappa shape index (κ2) is 6.31. The summed E-state index contributed by atoms with van der Waals surface area (Å²) >= 11 is 0. The van der Waals surface area contributed by atoms with Crippen LogP contribution in [0.4, 0.5) is 0 Å². The number of morpholine rings is 1. The number of nitrogens with zero attached hydrogens (tertiary/aromatic N) is 3. The number of ether oxygens (including phenoxy) is 1. The van der Waals surface area contributed by atoms with Crippen molar-refractivity contribution in [1.82, 2.24) is 14.1 Å². The van der Waals surface area contributed by atoms with Crippen molar-refractivity contribution in [3.8, 4) is 0 Å². The van der Waals surface area contributed by atoms with Crippen molar-refractivity contribution in [2.24, 2.45) is 7.05 Å². The van der Waals surface area contributed by atoms with Gasteiger partial charge in [0.15, 0.2) is 0 Å². The highest BCUT2D eigenvalue weighted by Gasteiger charge is 2.38. The molecule has 1 fully saturated rings. The summed E-state index contributed by atoms with van der Waals surface area (Å²) in [6, 6.07) is 9.52. The lowest BCUT2D eigenvalue weighted by Gasteiger charge is -2.37. The summed E-state index contributed by atoms with van der Waals surface area (Å²) in [4.78, 5) is 0.311. The molecule has 2 heterocycles. The summed E-state index contributed by atoms with van der Waals surface area (Å²) in [7, 11) is -1.86. The minimum absolute atomic E-state index is 0.214. The van der Waals surface area contributed by atoms with E-state index in [1.165, 1.54) is 0 Å². The monoisotopic (exact) mass is 349 g/mol. The molecule has 0 radical (unpaired) electrons. The fourth-order valence-electron chi connectivity index (χ4n) is 3.18. The minimum Gasteiger partial charge on any atom is -0.370 e. The molecule has 0 saturated carbocycles. The molecule has 2 aromatic rings. The number of sulfonamides is 1. The Hall–Kier alpha value is -1.70. The average molecular weight is 349 g/mol. The molecule has 1 aromatic carbocycles. The van der Waals surface area contributed by atoms with Crippen LogP contribution in [0, 0.1) is 13.8 Å². The van der Waals surface area contributed by atoms with Crippen LogP contribution in [-0.4, -0.2) is 41.7 Å². The van der Waals surface area contributed by atoms with E-state index in [1.807, 2.05) is 37.3 Å². The molecule has 2 atom stereocenters. The first kappa shape index (κ1) is 17.1. The van der Waals surface area contributed by atoms with Crippen molar-refractivity contribution < 1.29 is 13.2 Å². The Morgan fingerprint density at radius 2 is 1.88 bits per heavy atom. The number of hydrogen-bond acceptors (Lipinski definition) is 4. The van der Waals surface area contributed by atoms with Crippen molar-refractivity contribution in [2.45, 2.75) is 37.8 Å². The van der Waals surface area contributed by atoms with Crippen molar-refractivity contribution in [2.75, 3.05) is 13.2 Å². The van der Waals surface area contributed by atoms with Gasteiger partial charge in [-0.2, -0.15) is 9.40 Å². The molecule has 7 heteroatoms. The highest BCUT2D eigenvalue weighted by atomic mass is 32.2. The first-order chi connectivity index (χ1) is 11.3.